The van der Waals surface area contributed by atoms with Gasteiger partial charge in [0.25, 0.3) is 5.91 Å². The van der Waals surface area contributed by atoms with Crippen LogP contribution < -0.4 is 9.80 Å². The second-order valence-electron chi connectivity index (χ2n) is 11.3. The molecule has 6 atom stereocenters. The fourth-order valence-electron chi connectivity index (χ4n) is 7.06. The van der Waals surface area contributed by atoms with Crippen LogP contribution in [0.1, 0.15) is 26.7 Å². The SMILES string of the molecule is C=CCN(C(=O)[C@@H]1[C@H]2C(=O)N([C@H](C)CO)C(C(=O)N(CC=C)c3ccccc3Cl)C23CC[C@@]1(C)O3)c1ccccc1. The van der Waals surface area contributed by atoms with Crippen LogP contribution >= 0.6 is 11.6 Å². The lowest BCUT2D eigenvalue weighted by Gasteiger charge is -2.38. The molecular weight excluding hydrogens is 542 g/mol. The maximum Gasteiger partial charge on any atom is 0.253 e. The van der Waals surface area contributed by atoms with Crippen molar-refractivity contribution in [3.63, 3.8) is 0 Å². The van der Waals surface area contributed by atoms with Crippen LogP contribution in [0.25, 0.3) is 0 Å². The number of anilines is 2. The highest BCUT2D eigenvalue weighted by Crippen LogP contribution is 2.64. The van der Waals surface area contributed by atoms with Gasteiger partial charge in [-0.05, 0) is 51.0 Å². The molecule has 8 nitrogen and oxygen atoms in total. The van der Waals surface area contributed by atoms with E-state index in [0.29, 0.717) is 29.2 Å². The van der Waals surface area contributed by atoms with E-state index in [1.807, 2.05) is 37.3 Å². The molecule has 9 heteroatoms. The van der Waals surface area contributed by atoms with Crippen LogP contribution in [0.5, 0.6) is 0 Å². The molecule has 3 saturated heterocycles. The number of hydrogen-bond donors (Lipinski definition) is 1. The van der Waals surface area contributed by atoms with Crippen molar-refractivity contribution in [2.24, 2.45) is 11.8 Å². The standard InChI is InChI=1S/C32H36ClN3O5/c1-5-18-34(22-12-8-7-9-13-22)28(38)25-26-29(39)36(21(3)20-37)27(32(26)17-16-31(25,4)41-32)30(40)35(19-6-2)24-15-11-10-14-23(24)33/h5-15,21,25-27,37H,1-2,16-20H2,3-4H3/t21-,25+,26+,27?,31-,32?/m1/s1. The first-order valence-electron chi connectivity index (χ1n) is 13.9. The lowest BCUT2D eigenvalue weighted by molar-refractivity contribution is -0.147. The molecule has 216 valence electrons. The Morgan fingerprint density at radius 2 is 1.71 bits per heavy atom. The van der Waals surface area contributed by atoms with E-state index in [1.165, 1.54) is 9.80 Å². The smallest absolute Gasteiger partial charge is 0.253 e. The van der Waals surface area contributed by atoms with Gasteiger partial charge in [0.2, 0.25) is 11.8 Å². The fourth-order valence-corrected chi connectivity index (χ4v) is 7.30. The van der Waals surface area contributed by atoms with E-state index in [2.05, 4.69) is 13.2 Å². The number of likely N-dealkylation sites (tertiary alicyclic amines) is 1. The van der Waals surface area contributed by atoms with E-state index in [-0.39, 0.29) is 31.5 Å². The first kappa shape index (κ1) is 29.0. The zero-order valence-electron chi connectivity index (χ0n) is 23.4. The molecule has 5 rings (SSSR count). The third-order valence-corrected chi connectivity index (χ3v) is 9.14. The molecular formula is C32H36ClN3O5. The predicted molar refractivity (Wildman–Crippen MR) is 159 cm³/mol. The number of carbonyl (C=O) groups excluding carboxylic acids is 3. The summed E-state index contributed by atoms with van der Waals surface area (Å²) >= 11 is 6.52. The summed E-state index contributed by atoms with van der Waals surface area (Å²) in [6.07, 6.45) is 4.17. The summed E-state index contributed by atoms with van der Waals surface area (Å²) in [6.45, 7) is 11.3. The lowest BCUT2D eigenvalue weighted by Crippen LogP contribution is -2.58. The van der Waals surface area contributed by atoms with Crippen LogP contribution in [0.2, 0.25) is 5.02 Å². The number of hydrogen-bond acceptors (Lipinski definition) is 5. The Kier molecular flexibility index (Phi) is 7.85. The number of benzene rings is 2. The average molecular weight is 578 g/mol. The molecule has 1 spiro atoms. The summed E-state index contributed by atoms with van der Waals surface area (Å²) in [5.74, 6) is -2.74. The number of nitrogens with zero attached hydrogens (tertiary/aromatic N) is 3. The highest BCUT2D eigenvalue weighted by molar-refractivity contribution is 6.34. The Balaban J connectivity index is 1.62. The van der Waals surface area contributed by atoms with E-state index in [0.717, 1.165) is 0 Å². The summed E-state index contributed by atoms with van der Waals surface area (Å²) in [5, 5.41) is 10.6. The van der Waals surface area contributed by atoms with Crippen LogP contribution in [0.4, 0.5) is 11.4 Å². The normalized spacial score (nSPS) is 28.7. The van der Waals surface area contributed by atoms with Gasteiger partial charge in [-0.3, -0.25) is 14.4 Å². The molecule has 3 aliphatic heterocycles. The van der Waals surface area contributed by atoms with Gasteiger partial charge in [-0.15, -0.1) is 13.2 Å². The highest BCUT2D eigenvalue weighted by atomic mass is 35.5. The van der Waals surface area contributed by atoms with E-state index >= 15 is 0 Å². The van der Waals surface area contributed by atoms with Crippen LogP contribution in [0.3, 0.4) is 0 Å². The largest absolute Gasteiger partial charge is 0.394 e. The summed E-state index contributed by atoms with van der Waals surface area (Å²) in [6, 6.07) is 14.5. The van der Waals surface area contributed by atoms with E-state index in [4.69, 9.17) is 16.3 Å². The molecule has 2 aromatic carbocycles. The number of halogens is 1. The minimum absolute atomic E-state index is 0.149. The topological polar surface area (TPSA) is 90.4 Å². The molecule has 1 N–H and O–H groups in total. The number of amides is 3. The second kappa shape index (κ2) is 11.1. The summed E-state index contributed by atoms with van der Waals surface area (Å²) < 4.78 is 6.77. The Hall–Kier alpha value is -3.46. The third-order valence-electron chi connectivity index (χ3n) is 8.82. The van der Waals surface area contributed by atoms with Crippen molar-refractivity contribution in [2.45, 2.75) is 50.0 Å². The Bertz CT molecular complexity index is 1370. The summed E-state index contributed by atoms with van der Waals surface area (Å²) in [5.41, 5.74) is -1.03. The van der Waals surface area contributed by atoms with Crippen molar-refractivity contribution in [2.75, 3.05) is 29.5 Å². The Morgan fingerprint density at radius 1 is 1.07 bits per heavy atom. The van der Waals surface area contributed by atoms with Gasteiger partial charge in [-0.25, -0.2) is 0 Å². The highest BCUT2D eigenvalue weighted by Gasteiger charge is 2.78. The monoisotopic (exact) mass is 577 g/mol. The molecule has 2 unspecified atom stereocenters. The maximum atomic E-state index is 14.6. The van der Waals surface area contributed by atoms with E-state index in [9.17, 15) is 19.5 Å². The van der Waals surface area contributed by atoms with Crippen molar-refractivity contribution < 1.29 is 24.2 Å². The van der Waals surface area contributed by atoms with Gasteiger partial charge in [0.05, 0.1) is 40.8 Å². The van der Waals surface area contributed by atoms with Gasteiger partial charge in [-0.2, -0.15) is 0 Å². The molecule has 2 bridgehead atoms. The number of fused-ring (bicyclic) bond motifs is 1. The summed E-state index contributed by atoms with van der Waals surface area (Å²) in [7, 11) is 0. The number of ether oxygens (including phenoxy) is 1. The van der Waals surface area contributed by atoms with Crippen molar-refractivity contribution in [3.8, 4) is 0 Å². The number of aliphatic hydroxyl groups is 1. The number of aliphatic hydroxyl groups excluding tert-OH is 1. The van der Waals surface area contributed by atoms with E-state index < -0.39 is 41.0 Å². The molecule has 3 heterocycles. The molecule has 3 fully saturated rings. The van der Waals surface area contributed by atoms with Gasteiger partial charge in [-0.1, -0.05) is 54.1 Å². The van der Waals surface area contributed by atoms with Crippen LogP contribution in [-0.2, 0) is 19.1 Å². The molecule has 0 saturated carbocycles. The molecule has 0 aromatic heterocycles. The first-order valence-corrected chi connectivity index (χ1v) is 14.3. The average Bonchev–Trinajstić information content (AvgIpc) is 3.55. The number of para-hydroxylation sites is 2. The van der Waals surface area contributed by atoms with Gasteiger partial charge in [0, 0.05) is 18.8 Å². The van der Waals surface area contributed by atoms with Crippen molar-refractivity contribution >= 4 is 40.7 Å². The summed E-state index contributed by atoms with van der Waals surface area (Å²) in [4.78, 5) is 47.9. The molecule has 0 radical (unpaired) electrons. The zero-order valence-corrected chi connectivity index (χ0v) is 24.2. The van der Waals surface area contributed by atoms with Crippen molar-refractivity contribution in [1.82, 2.24) is 4.90 Å². The quantitative estimate of drug-likeness (QED) is 0.427. The Morgan fingerprint density at radius 3 is 2.34 bits per heavy atom. The maximum absolute atomic E-state index is 14.6. The fraction of sp³-hybridized carbons (Fsp3) is 0.406. The zero-order chi connectivity index (χ0) is 29.5. The first-order chi connectivity index (χ1) is 19.6. The van der Waals surface area contributed by atoms with Crippen LogP contribution in [-0.4, -0.2) is 70.7 Å². The second-order valence-corrected chi connectivity index (χ2v) is 11.7. The molecule has 41 heavy (non-hydrogen) atoms. The van der Waals surface area contributed by atoms with Gasteiger partial charge >= 0.3 is 0 Å². The Labute approximate surface area is 245 Å². The lowest BCUT2D eigenvalue weighted by atomic mass is 9.66. The van der Waals surface area contributed by atoms with Gasteiger partial charge < -0.3 is 24.5 Å². The van der Waals surface area contributed by atoms with Gasteiger partial charge in [0.15, 0.2) is 0 Å². The molecule has 0 aliphatic carbocycles. The number of rotatable bonds is 10. The number of carbonyl (C=O) groups is 3. The minimum Gasteiger partial charge on any atom is -0.394 e. The van der Waals surface area contributed by atoms with Crippen molar-refractivity contribution in [3.05, 3.63) is 84.9 Å². The third kappa shape index (κ3) is 4.49. The molecule has 3 aliphatic rings. The van der Waals surface area contributed by atoms with Crippen LogP contribution in [0, 0.1) is 11.8 Å². The van der Waals surface area contributed by atoms with Crippen LogP contribution in [0.15, 0.2) is 79.9 Å². The van der Waals surface area contributed by atoms with Crippen molar-refractivity contribution in [1.29, 1.82) is 0 Å². The molecule has 3 amide bonds. The molecule has 2 aromatic rings. The van der Waals surface area contributed by atoms with Gasteiger partial charge in [0.1, 0.15) is 11.6 Å². The minimum atomic E-state index is -1.25. The predicted octanol–water partition coefficient (Wildman–Crippen LogP) is 4.22. The van der Waals surface area contributed by atoms with E-state index in [1.54, 1.807) is 48.2 Å².